The maximum Gasteiger partial charge on any atom is 0.268 e. The van der Waals surface area contributed by atoms with Crippen LogP contribution in [0.25, 0.3) is 0 Å². The average molecular weight is 390 g/mol. The number of aryl methyl sites for hydroxylation is 1. The van der Waals surface area contributed by atoms with Crippen LogP contribution in [-0.2, 0) is 11.3 Å². The molecule has 7 nitrogen and oxygen atoms in total. The molecule has 0 aliphatic heterocycles. The normalized spacial score (nSPS) is 16.0. The van der Waals surface area contributed by atoms with Crippen molar-refractivity contribution in [3.63, 3.8) is 0 Å². The van der Waals surface area contributed by atoms with Crippen molar-refractivity contribution in [2.75, 3.05) is 5.73 Å². The summed E-state index contributed by atoms with van der Waals surface area (Å²) in [6, 6.07) is 1.30. The summed E-state index contributed by atoms with van der Waals surface area (Å²) in [5, 5.41) is 6.33. The number of nitrogens with one attached hydrogen (secondary N) is 3. The van der Waals surface area contributed by atoms with Gasteiger partial charge in [0.15, 0.2) is 5.13 Å². The molecule has 0 spiro atoms. The van der Waals surface area contributed by atoms with Gasteiger partial charge < -0.3 is 21.4 Å². The topological polar surface area (TPSA) is 113 Å². The molecule has 1 aliphatic rings. The van der Waals surface area contributed by atoms with Crippen LogP contribution >= 0.6 is 11.3 Å². The van der Waals surface area contributed by atoms with Gasteiger partial charge in [-0.05, 0) is 30.9 Å². The van der Waals surface area contributed by atoms with Gasteiger partial charge in [0.2, 0.25) is 5.91 Å². The van der Waals surface area contributed by atoms with Gasteiger partial charge in [-0.25, -0.2) is 4.98 Å². The number of aromatic amines is 1. The number of thiazole rings is 1. The number of nitrogens with two attached hydrogens (primary N) is 1. The lowest BCUT2D eigenvalue weighted by Crippen LogP contribution is -2.47. The summed E-state index contributed by atoms with van der Waals surface area (Å²) in [6.45, 7) is 2.24. The first-order valence-electron chi connectivity index (χ1n) is 9.45. The largest absolute Gasteiger partial charge is 0.375 e. The van der Waals surface area contributed by atoms with Crippen molar-refractivity contribution in [2.24, 2.45) is 5.92 Å². The van der Waals surface area contributed by atoms with E-state index < -0.39 is 6.04 Å². The molecule has 2 heterocycles. The summed E-state index contributed by atoms with van der Waals surface area (Å²) >= 11 is 1.35. The molecule has 2 amide bonds. The van der Waals surface area contributed by atoms with Gasteiger partial charge in [-0.3, -0.25) is 9.59 Å². The summed E-state index contributed by atoms with van der Waals surface area (Å²) < 4.78 is 0. The maximum atomic E-state index is 12.8. The molecule has 0 unspecified atom stereocenters. The zero-order valence-corrected chi connectivity index (χ0v) is 16.4. The highest BCUT2D eigenvalue weighted by Gasteiger charge is 2.27. The van der Waals surface area contributed by atoms with Crippen molar-refractivity contribution in [3.05, 3.63) is 34.6 Å². The number of hydrogen-bond donors (Lipinski definition) is 4. The van der Waals surface area contributed by atoms with Crippen LogP contribution in [0.4, 0.5) is 5.13 Å². The monoisotopic (exact) mass is 389 g/mol. The Kier molecular flexibility index (Phi) is 6.49. The molecule has 146 valence electrons. The minimum atomic E-state index is -0.548. The third-order valence-electron chi connectivity index (χ3n) is 5.11. The number of amides is 2. The zero-order valence-electron chi connectivity index (χ0n) is 15.6. The number of carbonyl (C=O) groups is 2. The van der Waals surface area contributed by atoms with E-state index in [1.54, 1.807) is 12.4 Å². The van der Waals surface area contributed by atoms with Gasteiger partial charge in [0.25, 0.3) is 5.91 Å². The molecule has 27 heavy (non-hydrogen) atoms. The van der Waals surface area contributed by atoms with E-state index >= 15 is 0 Å². The molecule has 0 radical (unpaired) electrons. The summed E-state index contributed by atoms with van der Waals surface area (Å²) in [5.74, 6) is 0.0687. The Morgan fingerprint density at radius 1 is 1.37 bits per heavy atom. The lowest BCUT2D eigenvalue weighted by molar-refractivity contribution is -0.123. The fourth-order valence-corrected chi connectivity index (χ4v) is 4.24. The minimum Gasteiger partial charge on any atom is -0.375 e. The third-order valence-corrected chi connectivity index (χ3v) is 5.93. The van der Waals surface area contributed by atoms with Gasteiger partial charge in [-0.1, -0.05) is 32.1 Å². The number of hydrogen-bond acceptors (Lipinski definition) is 5. The average Bonchev–Trinajstić information content (AvgIpc) is 3.28. The van der Waals surface area contributed by atoms with Crippen LogP contribution in [-0.4, -0.2) is 27.8 Å². The van der Waals surface area contributed by atoms with Crippen LogP contribution < -0.4 is 16.4 Å². The Labute approximate surface area is 163 Å². The van der Waals surface area contributed by atoms with Crippen LogP contribution in [0.5, 0.6) is 0 Å². The molecule has 0 aromatic carbocycles. The molecule has 0 bridgehead atoms. The minimum absolute atomic E-state index is 0.162. The number of carbonyl (C=O) groups excluding carboxylic acids is 2. The smallest absolute Gasteiger partial charge is 0.268 e. The van der Waals surface area contributed by atoms with Crippen LogP contribution in [0.2, 0.25) is 0 Å². The van der Waals surface area contributed by atoms with Crippen LogP contribution in [0.1, 0.15) is 59.5 Å². The lowest BCUT2D eigenvalue weighted by atomic mass is 9.84. The van der Waals surface area contributed by atoms with E-state index in [9.17, 15) is 9.59 Å². The zero-order chi connectivity index (χ0) is 19.2. The maximum absolute atomic E-state index is 12.8. The van der Waals surface area contributed by atoms with Crippen molar-refractivity contribution in [1.29, 1.82) is 0 Å². The van der Waals surface area contributed by atoms with E-state index in [1.165, 1.54) is 30.6 Å². The molecule has 3 rings (SSSR count). The second kappa shape index (κ2) is 9.03. The van der Waals surface area contributed by atoms with Crippen molar-refractivity contribution in [1.82, 2.24) is 20.6 Å². The Morgan fingerprint density at radius 2 is 2.15 bits per heavy atom. The first-order chi connectivity index (χ1) is 13.0. The summed E-state index contributed by atoms with van der Waals surface area (Å²) in [4.78, 5) is 33.3. The predicted molar refractivity (Wildman–Crippen MR) is 106 cm³/mol. The Bertz CT molecular complexity index is 779. The fraction of sp³-hybridized carbons (Fsp3) is 0.526. The standard InChI is InChI=1S/C19H27N5O2S/c1-12-7-8-21-16(12)18(26)24-15(9-13-5-3-2-4-6-13)17(25)22-10-14-11-23-19(20)27-14/h7-8,11,13,15,21H,2-6,9-10H2,1H3,(H2,20,23)(H,22,25)(H,24,26)/t15-/m0/s1. The molecule has 1 saturated carbocycles. The first-order valence-corrected chi connectivity index (χ1v) is 10.3. The van der Waals surface area contributed by atoms with Crippen LogP contribution in [0.15, 0.2) is 18.5 Å². The molecule has 8 heteroatoms. The molecule has 2 aromatic rings. The summed E-state index contributed by atoms with van der Waals surface area (Å²) in [7, 11) is 0. The number of nitrogens with zero attached hydrogens (tertiary/aromatic N) is 1. The Hall–Kier alpha value is -2.35. The molecule has 5 N–H and O–H groups in total. The quantitative estimate of drug-likeness (QED) is 0.583. The number of nitrogen functional groups attached to an aromatic ring is 1. The van der Waals surface area contributed by atoms with Crippen molar-refractivity contribution < 1.29 is 9.59 Å². The van der Waals surface area contributed by atoms with Crippen molar-refractivity contribution >= 4 is 28.3 Å². The SMILES string of the molecule is Cc1cc[nH]c1C(=O)N[C@@H](CC1CCCCC1)C(=O)NCc1cnc(N)s1. The highest BCUT2D eigenvalue weighted by atomic mass is 32.1. The van der Waals surface area contributed by atoms with E-state index in [1.807, 2.05) is 13.0 Å². The van der Waals surface area contributed by atoms with Crippen LogP contribution in [0, 0.1) is 12.8 Å². The van der Waals surface area contributed by atoms with E-state index in [0.717, 1.165) is 23.3 Å². The van der Waals surface area contributed by atoms with E-state index in [2.05, 4.69) is 20.6 Å². The van der Waals surface area contributed by atoms with Gasteiger partial charge in [-0.15, -0.1) is 11.3 Å². The number of anilines is 1. The number of H-pyrrole nitrogens is 1. The van der Waals surface area contributed by atoms with E-state index in [4.69, 9.17) is 5.73 Å². The first kappa shape index (κ1) is 19.4. The van der Waals surface area contributed by atoms with Crippen molar-refractivity contribution in [3.8, 4) is 0 Å². The lowest BCUT2D eigenvalue weighted by Gasteiger charge is -2.26. The summed E-state index contributed by atoms with van der Waals surface area (Å²) in [6.07, 6.45) is 9.95. The highest BCUT2D eigenvalue weighted by molar-refractivity contribution is 7.15. The van der Waals surface area contributed by atoms with E-state index in [0.29, 0.717) is 29.7 Å². The van der Waals surface area contributed by atoms with Gasteiger partial charge in [0.05, 0.1) is 6.54 Å². The summed E-state index contributed by atoms with van der Waals surface area (Å²) in [5.41, 5.74) is 7.01. The molecule has 0 saturated heterocycles. The van der Waals surface area contributed by atoms with Gasteiger partial charge in [-0.2, -0.15) is 0 Å². The van der Waals surface area contributed by atoms with E-state index in [-0.39, 0.29) is 11.8 Å². The number of rotatable bonds is 7. The fourth-order valence-electron chi connectivity index (χ4n) is 3.61. The third kappa shape index (κ3) is 5.32. The molecule has 1 aliphatic carbocycles. The second-order valence-corrected chi connectivity index (χ2v) is 8.33. The van der Waals surface area contributed by atoms with Crippen LogP contribution in [0.3, 0.4) is 0 Å². The molecule has 2 aromatic heterocycles. The molecule has 1 atom stereocenters. The molecular weight excluding hydrogens is 362 g/mol. The Balaban J connectivity index is 1.64. The van der Waals surface area contributed by atoms with Gasteiger partial charge in [0.1, 0.15) is 11.7 Å². The van der Waals surface area contributed by atoms with Crippen molar-refractivity contribution in [2.45, 2.75) is 58.0 Å². The highest BCUT2D eigenvalue weighted by Crippen LogP contribution is 2.27. The Morgan fingerprint density at radius 3 is 2.78 bits per heavy atom. The predicted octanol–water partition coefficient (Wildman–Crippen LogP) is 2.75. The second-order valence-electron chi connectivity index (χ2n) is 7.18. The van der Waals surface area contributed by atoms with Gasteiger partial charge in [0, 0.05) is 17.3 Å². The molecular formula is C19H27N5O2S. The molecule has 1 fully saturated rings. The number of aromatic nitrogens is 2. The van der Waals surface area contributed by atoms with Gasteiger partial charge >= 0.3 is 0 Å².